The normalized spacial score (nSPS) is 12.3. The highest BCUT2D eigenvalue weighted by atomic mass is 14.9. The van der Waals surface area contributed by atoms with Gasteiger partial charge in [-0.3, -0.25) is 0 Å². The first-order valence-electron chi connectivity index (χ1n) is 5.41. The molecule has 80 valence electrons. The van der Waals surface area contributed by atoms with Gasteiger partial charge in [-0.25, -0.2) is 0 Å². The molecule has 0 amide bonds. The van der Waals surface area contributed by atoms with Crippen LogP contribution in [0.25, 0.3) is 10.9 Å². The second-order valence-corrected chi connectivity index (χ2v) is 4.56. The number of aromatic nitrogens is 1. The minimum atomic E-state index is -0.278. The maximum Gasteiger partial charge on any atom is 0.0483 e. The number of benzene rings is 1. The Kier molecular flexibility index (Phi) is 2.31. The fourth-order valence-corrected chi connectivity index (χ4v) is 2.06. The van der Waals surface area contributed by atoms with E-state index in [1.807, 2.05) is 13.8 Å². The Morgan fingerprint density at radius 3 is 2.60 bits per heavy atom. The molecular formula is C13H18N2. The number of nitrogens with two attached hydrogens (primary N) is 1. The molecule has 1 heterocycles. The van der Waals surface area contributed by atoms with Gasteiger partial charge in [0.1, 0.15) is 0 Å². The molecule has 0 unspecified atom stereocenters. The molecule has 0 bridgehead atoms. The van der Waals surface area contributed by atoms with Gasteiger partial charge in [0.15, 0.2) is 0 Å². The van der Waals surface area contributed by atoms with Crippen molar-refractivity contribution >= 4 is 10.9 Å². The molecule has 0 radical (unpaired) electrons. The molecule has 0 saturated carbocycles. The predicted molar refractivity (Wildman–Crippen MR) is 64.8 cm³/mol. The van der Waals surface area contributed by atoms with Crippen molar-refractivity contribution in [2.45, 2.75) is 32.9 Å². The summed E-state index contributed by atoms with van der Waals surface area (Å²) in [6.07, 6.45) is 2.12. The summed E-state index contributed by atoms with van der Waals surface area (Å²) in [4.78, 5) is 0. The lowest BCUT2D eigenvalue weighted by Crippen LogP contribution is -2.28. The Balaban J connectivity index is 2.73. The Bertz CT molecular complexity index is 475. The van der Waals surface area contributed by atoms with E-state index in [4.69, 9.17) is 5.73 Å². The van der Waals surface area contributed by atoms with E-state index < -0.39 is 0 Å². The first kappa shape index (κ1) is 10.2. The van der Waals surface area contributed by atoms with Crippen LogP contribution in [-0.2, 0) is 12.1 Å². The van der Waals surface area contributed by atoms with E-state index in [0.29, 0.717) is 0 Å². The van der Waals surface area contributed by atoms with E-state index in [9.17, 15) is 0 Å². The molecule has 0 aliphatic heterocycles. The van der Waals surface area contributed by atoms with Crippen molar-refractivity contribution in [3.63, 3.8) is 0 Å². The first-order valence-corrected chi connectivity index (χ1v) is 5.41. The highest BCUT2D eigenvalue weighted by Gasteiger charge is 2.17. The molecule has 2 heteroatoms. The zero-order chi connectivity index (χ0) is 11.1. The predicted octanol–water partition coefficient (Wildman–Crippen LogP) is 2.86. The van der Waals surface area contributed by atoms with Crippen molar-refractivity contribution in [1.82, 2.24) is 4.57 Å². The number of hydrogen-bond acceptors (Lipinski definition) is 1. The van der Waals surface area contributed by atoms with E-state index in [2.05, 4.69) is 42.0 Å². The SMILES string of the molecule is CCn1ccc2c(C(C)(C)N)cccc21. The molecule has 2 nitrogen and oxygen atoms in total. The maximum atomic E-state index is 6.16. The summed E-state index contributed by atoms with van der Waals surface area (Å²) in [6, 6.07) is 8.50. The third-order valence-corrected chi connectivity index (χ3v) is 2.85. The average molecular weight is 202 g/mol. The van der Waals surface area contributed by atoms with Gasteiger partial charge in [-0.1, -0.05) is 12.1 Å². The number of rotatable bonds is 2. The molecule has 0 saturated heterocycles. The topological polar surface area (TPSA) is 30.9 Å². The summed E-state index contributed by atoms with van der Waals surface area (Å²) in [5, 5.41) is 1.27. The van der Waals surface area contributed by atoms with E-state index in [0.717, 1.165) is 6.54 Å². The van der Waals surface area contributed by atoms with Gasteiger partial charge in [0.25, 0.3) is 0 Å². The van der Waals surface area contributed by atoms with Gasteiger partial charge >= 0.3 is 0 Å². The third kappa shape index (κ3) is 1.65. The number of hydrogen-bond donors (Lipinski definition) is 1. The molecule has 0 atom stereocenters. The van der Waals surface area contributed by atoms with Crippen molar-refractivity contribution in [2.75, 3.05) is 0 Å². The van der Waals surface area contributed by atoms with Crippen LogP contribution in [-0.4, -0.2) is 4.57 Å². The first-order chi connectivity index (χ1) is 7.04. The monoisotopic (exact) mass is 202 g/mol. The van der Waals surface area contributed by atoms with Crippen LogP contribution in [0.15, 0.2) is 30.5 Å². The zero-order valence-corrected chi connectivity index (χ0v) is 9.62. The number of nitrogens with zero attached hydrogens (tertiary/aromatic N) is 1. The van der Waals surface area contributed by atoms with Gasteiger partial charge in [0.05, 0.1) is 0 Å². The van der Waals surface area contributed by atoms with Crippen molar-refractivity contribution in [2.24, 2.45) is 5.73 Å². The Hall–Kier alpha value is -1.28. The highest BCUT2D eigenvalue weighted by molar-refractivity contribution is 5.84. The molecular weight excluding hydrogens is 184 g/mol. The minimum absolute atomic E-state index is 0.278. The average Bonchev–Trinajstić information content (AvgIpc) is 2.58. The van der Waals surface area contributed by atoms with E-state index in [1.165, 1.54) is 16.5 Å². The fraction of sp³-hybridized carbons (Fsp3) is 0.385. The zero-order valence-electron chi connectivity index (χ0n) is 9.62. The van der Waals surface area contributed by atoms with Gasteiger partial charge in [-0.15, -0.1) is 0 Å². The number of aryl methyl sites for hydroxylation is 1. The molecule has 2 rings (SSSR count). The summed E-state index contributed by atoms with van der Waals surface area (Å²) in [6.45, 7) is 7.24. The molecule has 0 fully saturated rings. The lowest BCUT2D eigenvalue weighted by atomic mass is 9.93. The van der Waals surface area contributed by atoms with Crippen LogP contribution in [0.1, 0.15) is 26.3 Å². The van der Waals surface area contributed by atoms with Gasteiger partial charge < -0.3 is 10.3 Å². The standard InChI is InChI=1S/C13H18N2/c1-4-15-9-8-10-11(13(2,3)14)6-5-7-12(10)15/h5-9H,4,14H2,1-3H3. The quantitative estimate of drug-likeness (QED) is 0.797. The minimum Gasteiger partial charge on any atom is -0.348 e. The maximum absolute atomic E-state index is 6.16. The molecule has 1 aromatic heterocycles. The molecule has 0 aliphatic rings. The summed E-state index contributed by atoms with van der Waals surface area (Å²) < 4.78 is 2.24. The molecule has 2 N–H and O–H groups in total. The second kappa shape index (κ2) is 3.38. The van der Waals surface area contributed by atoms with Crippen molar-refractivity contribution in [3.8, 4) is 0 Å². The van der Waals surface area contributed by atoms with Crippen LogP contribution in [0.5, 0.6) is 0 Å². The lowest BCUT2D eigenvalue weighted by Gasteiger charge is -2.20. The van der Waals surface area contributed by atoms with Crippen LogP contribution in [0.2, 0.25) is 0 Å². The Morgan fingerprint density at radius 2 is 2.00 bits per heavy atom. The van der Waals surface area contributed by atoms with Crippen LogP contribution in [0, 0.1) is 0 Å². The Morgan fingerprint density at radius 1 is 1.27 bits per heavy atom. The second-order valence-electron chi connectivity index (χ2n) is 4.56. The van der Waals surface area contributed by atoms with Gasteiger partial charge in [-0.2, -0.15) is 0 Å². The van der Waals surface area contributed by atoms with Crippen LogP contribution in [0.3, 0.4) is 0 Å². The van der Waals surface area contributed by atoms with Crippen LogP contribution >= 0.6 is 0 Å². The van der Waals surface area contributed by atoms with Crippen molar-refractivity contribution in [1.29, 1.82) is 0 Å². The largest absolute Gasteiger partial charge is 0.348 e. The molecule has 15 heavy (non-hydrogen) atoms. The molecule has 2 aromatic rings. The van der Waals surface area contributed by atoms with Crippen LogP contribution in [0.4, 0.5) is 0 Å². The van der Waals surface area contributed by atoms with E-state index in [-0.39, 0.29) is 5.54 Å². The lowest BCUT2D eigenvalue weighted by molar-refractivity contribution is 0.559. The third-order valence-electron chi connectivity index (χ3n) is 2.85. The summed E-state index contributed by atoms with van der Waals surface area (Å²) in [7, 11) is 0. The van der Waals surface area contributed by atoms with Crippen molar-refractivity contribution < 1.29 is 0 Å². The molecule has 0 aliphatic carbocycles. The molecule has 1 aromatic carbocycles. The number of fused-ring (bicyclic) bond motifs is 1. The van der Waals surface area contributed by atoms with E-state index in [1.54, 1.807) is 0 Å². The van der Waals surface area contributed by atoms with Crippen molar-refractivity contribution in [3.05, 3.63) is 36.0 Å². The summed E-state index contributed by atoms with van der Waals surface area (Å²) in [5.74, 6) is 0. The smallest absolute Gasteiger partial charge is 0.0483 e. The van der Waals surface area contributed by atoms with Crippen LogP contribution < -0.4 is 5.73 Å². The summed E-state index contributed by atoms with van der Waals surface area (Å²) in [5.41, 5.74) is 8.37. The Labute approximate surface area is 90.7 Å². The van der Waals surface area contributed by atoms with Gasteiger partial charge in [0.2, 0.25) is 0 Å². The van der Waals surface area contributed by atoms with Gasteiger partial charge in [0, 0.05) is 29.2 Å². The fourth-order valence-electron chi connectivity index (χ4n) is 2.06. The van der Waals surface area contributed by atoms with E-state index >= 15 is 0 Å². The summed E-state index contributed by atoms with van der Waals surface area (Å²) >= 11 is 0. The molecule has 0 spiro atoms. The van der Waals surface area contributed by atoms with Gasteiger partial charge in [-0.05, 0) is 38.5 Å². The highest BCUT2D eigenvalue weighted by Crippen LogP contribution is 2.27.